The SMILES string of the molecule is O=C(O)CCCCCCOC(=O)c1cc(I)cc(I)c1I. The summed E-state index contributed by atoms with van der Waals surface area (Å²) in [4.78, 5) is 22.4. The standard InChI is InChI=1S/C14H15I3O4/c15-9-7-10(13(17)11(16)8-9)14(20)21-6-4-2-1-3-5-12(18)19/h7-8H,1-6H2,(H,18,19). The van der Waals surface area contributed by atoms with Crippen molar-refractivity contribution in [1.82, 2.24) is 0 Å². The summed E-state index contributed by atoms with van der Waals surface area (Å²) in [7, 11) is 0. The minimum atomic E-state index is -0.760. The molecule has 1 rings (SSSR count). The van der Waals surface area contributed by atoms with Gasteiger partial charge in [0.1, 0.15) is 0 Å². The summed E-state index contributed by atoms with van der Waals surface area (Å²) in [6.45, 7) is 0.379. The molecule has 1 aromatic carbocycles. The number of carboxylic acid groups (broad SMARTS) is 1. The average Bonchev–Trinajstić information content (AvgIpc) is 2.41. The van der Waals surface area contributed by atoms with Crippen LogP contribution >= 0.6 is 67.8 Å². The number of hydrogen-bond donors (Lipinski definition) is 1. The first-order valence-corrected chi connectivity index (χ1v) is 9.69. The maximum Gasteiger partial charge on any atom is 0.339 e. The Balaban J connectivity index is 2.33. The molecule has 21 heavy (non-hydrogen) atoms. The van der Waals surface area contributed by atoms with Gasteiger partial charge in [-0.2, -0.15) is 0 Å². The molecule has 0 spiro atoms. The molecule has 7 heteroatoms. The van der Waals surface area contributed by atoms with E-state index in [-0.39, 0.29) is 12.4 Å². The zero-order valence-electron chi connectivity index (χ0n) is 11.2. The highest BCUT2D eigenvalue weighted by atomic mass is 127. The van der Waals surface area contributed by atoms with Gasteiger partial charge < -0.3 is 9.84 Å². The van der Waals surface area contributed by atoms with E-state index in [1.165, 1.54) is 0 Å². The van der Waals surface area contributed by atoms with Gasteiger partial charge in [-0.25, -0.2) is 4.79 Å². The largest absolute Gasteiger partial charge is 0.481 e. The molecular formula is C14H15I3O4. The third-order valence-electron chi connectivity index (χ3n) is 2.73. The van der Waals surface area contributed by atoms with Crippen LogP contribution in [0.4, 0.5) is 0 Å². The van der Waals surface area contributed by atoms with Crippen LogP contribution in [0.1, 0.15) is 42.5 Å². The van der Waals surface area contributed by atoms with E-state index < -0.39 is 5.97 Å². The van der Waals surface area contributed by atoms with Gasteiger partial charge in [-0.1, -0.05) is 12.8 Å². The second-order valence-corrected chi connectivity index (χ2v) is 7.93. The zero-order chi connectivity index (χ0) is 15.8. The summed E-state index contributed by atoms with van der Waals surface area (Å²) < 4.78 is 8.25. The smallest absolute Gasteiger partial charge is 0.339 e. The van der Waals surface area contributed by atoms with E-state index in [2.05, 4.69) is 67.8 Å². The van der Waals surface area contributed by atoms with Crippen molar-refractivity contribution < 1.29 is 19.4 Å². The highest BCUT2D eigenvalue weighted by molar-refractivity contribution is 14.1. The molecule has 4 nitrogen and oxygen atoms in total. The molecule has 0 bridgehead atoms. The lowest BCUT2D eigenvalue weighted by Crippen LogP contribution is -2.09. The third-order valence-corrected chi connectivity index (χ3v) is 6.40. The summed E-state index contributed by atoms with van der Waals surface area (Å²) in [6.07, 6.45) is 3.38. The number of rotatable bonds is 8. The second-order valence-electron chi connectivity index (χ2n) is 4.44. The lowest BCUT2D eigenvalue weighted by Gasteiger charge is -2.08. The van der Waals surface area contributed by atoms with Crippen molar-refractivity contribution in [2.45, 2.75) is 32.1 Å². The fraction of sp³-hybridized carbons (Fsp3) is 0.429. The average molecular weight is 628 g/mol. The minimum absolute atomic E-state index is 0.207. The number of carbonyl (C=O) groups excluding carboxylic acids is 1. The van der Waals surface area contributed by atoms with Gasteiger partial charge in [-0.3, -0.25) is 4.79 Å². The number of ether oxygens (including phenoxy) is 1. The summed E-state index contributed by atoms with van der Waals surface area (Å²) in [6, 6.07) is 3.85. The van der Waals surface area contributed by atoms with E-state index in [0.29, 0.717) is 18.6 Å². The van der Waals surface area contributed by atoms with Crippen molar-refractivity contribution in [2.24, 2.45) is 0 Å². The highest BCUT2D eigenvalue weighted by Gasteiger charge is 2.14. The molecule has 0 radical (unpaired) electrons. The van der Waals surface area contributed by atoms with Gasteiger partial charge in [0, 0.05) is 17.1 Å². The third kappa shape index (κ3) is 7.44. The fourth-order valence-corrected chi connectivity index (χ4v) is 4.06. The molecule has 0 aliphatic heterocycles. The Bertz CT molecular complexity index is 517. The number of carboxylic acids is 1. The van der Waals surface area contributed by atoms with Crippen LogP contribution in [0.3, 0.4) is 0 Å². The molecular weight excluding hydrogens is 613 g/mol. The van der Waals surface area contributed by atoms with Crippen LogP contribution in [0, 0.1) is 10.7 Å². The molecule has 1 N–H and O–H groups in total. The Morgan fingerprint density at radius 3 is 2.38 bits per heavy atom. The molecule has 0 fully saturated rings. The second kappa shape index (κ2) is 10.2. The van der Waals surface area contributed by atoms with Gasteiger partial charge in [-0.15, -0.1) is 0 Å². The van der Waals surface area contributed by atoms with Crippen LogP contribution in [-0.2, 0) is 9.53 Å². The lowest BCUT2D eigenvalue weighted by molar-refractivity contribution is -0.137. The lowest BCUT2D eigenvalue weighted by atomic mass is 10.1. The Labute approximate surface area is 164 Å². The quantitative estimate of drug-likeness (QED) is 0.197. The van der Waals surface area contributed by atoms with Gasteiger partial charge in [0.2, 0.25) is 0 Å². The van der Waals surface area contributed by atoms with Crippen LogP contribution in [0.2, 0.25) is 0 Å². The predicted molar refractivity (Wildman–Crippen MR) is 106 cm³/mol. The van der Waals surface area contributed by atoms with Crippen LogP contribution in [0.25, 0.3) is 0 Å². The number of carbonyl (C=O) groups is 2. The van der Waals surface area contributed by atoms with Gasteiger partial charge >= 0.3 is 11.9 Å². The van der Waals surface area contributed by atoms with Gasteiger partial charge in [0.05, 0.1) is 12.2 Å². The van der Waals surface area contributed by atoms with Gasteiger partial charge in [0.25, 0.3) is 0 Å². The fourth-order valence-electron chi connectivity index (χ4n) is 1.68. The molecule has 116 valence electrons. The summed E-state index contributed by atoms with van der Waals surface area (Å²) in [5.74, 6) is -1.05. The minimum Gasteiger partial charge on any atom is -0.481 e. The molecule has 0 aliphatic carbocycles. The van der Waals surface area contributed by atoms with Crippen molar-refractivity contribution in [3.8, 4) is 0 Å². The summed E-state index contributed by atoms with van der Waals surface area (Å²) in [5.41, 5.74) is 0.609. The normalized spacial score (nSPS) is 10.4. The van der Waals surface area contributed by atoms with Gasteiger partial charge in [-0.05, 0) is 92.7 Å². The van der Waals surface area contributed by atoms with Crippen molar-refractivity contribution in [3.63, 3.8) is 0 Å². The Hall–Kier alpha value is 0.350. The van der Waals surface area contributed by atoms with Crippen molar-refractivity contribution in [1.29, 1.82) is 0 Å². The predicted octanol–water partition coefficient (Wildman–Crippen LogP) is 4.69. The van der Waals surface area contributed by atoms with E-state index in [1.54, 1.807) is 0 Å². The molecule has 0 saturated heterocycles. The highest BCUT2D eigenvalue weighted by Crippen LogP contribution is 2.23. The van der Waals surface area contributed by atoms with E-state index in [9.17, 15) is 9.59 Å². The van der Waals surface area contributed by atoms with E-state index in [4.69, 9.17) is 9.84 Å². The van der Waals surface area contributed by atoms with Crippen LogP contribution in [-0.4, -0.2) is 23.7 Å². The number of esters is 1. The molecule has 0 amide bonds. The molecule has 0 unspecified atom stereocenters. The Morgan fingerprint density at radius 1 is 1.05 bits per heavy atom. The molecule has 0 aromatic heterocycles. The van der Waals surface area contributed by atoms with Crippen molar-refractivity contribution >= 4 is 79.7 Å². The van der Waals surface area contributed by atoms with Crippen LogP contribution < -0.4 is 0 Å². The molecule has 1 aromatic rings. The number of unbranched alkanes of at least 4 members (excludes halogenated alkanes) is 3. The van der Waals surface area contributed by atoms with E-state index in [0.717, 1.165) is 30.0 Å². The van der Waals surface area contributed by atoms with Crippen molar-refractivity contribution in [3.05, 3.63) is 28.4 Å². The molecule has 0 heterocycles. The molecule has 0 aliphatic rings. The topological polar surface area (TPSA) is 63.6 Å². The maximum atomic E-state index is 12.0. The number of halogens is 3. The number of aliphatic carboxylic acids is 1. The van der Waals surface area contributed by atoms with E-state index in [1.807, 2.05) is 12.1 Å². The zero-order valence-corrected chi connectivity index (χ0v) is 17.7. The van der Waals surface area contributed by atoms with Crippen LogP contribution in [0.5, 0.6) is 0 Å². The molecule has 0 atom stereocenters. The first kappa shape index (κ1) is 19.4. The molecule has 0 saturated carbocycles. The first-order chi connectivity index (χ1) is 9.91. The maximum absolute atomic E-state index is 12.0. The Morgan fingerprint density at radius 2 is 1.71 bits per heavy atom. The summed E-state index contributed by atoms with van der Waals surface area (Å²) in [5, 5.41) is 8.51. The number of benzene rings is 1. The van der Waals surface area contributed by atoms with E-state index >= 15 is 0 Å². The summed E-state index contributed by atoms with van der Waals surface area (Å²) >= 11 is 6.54. The van der Waals surface area contributed by atoms with Crippen molar-refractivity contribution in [2.75, 3.05) is 6.61 Å². The van der Waals surface area contributed by atoms with Gasteiger partial charge in [0.15, 0.2) is 0 Å². The first-order valence-electron chi connectivity index (χ1n) is 6.45. The monoisotopic (exact) mass is 628 g/mol. The Kier molecular flexibility index (Phi) is 9.41. The number of hydrogen-bond acceptors (Lipinski definition) is 3. The van der Waals surface area contributed by atoms with Crippen LogP contribution in [0.15, 0.2) is 12.1 Å².